The van der Waals surface area contributed by atoms with E-state index in [9.17, 15) is 0 Å². The van der Waals surface area contributed by atoms with Crippen LogP contribution in [-0.2, 0) is 20.3 Å². The molecule has 2 aromatic carbocycles. The molecule has 0 bridgehead atoms. The third-order valence-electron chi connectivity index (χ3n) is 9.56. The average molecular weight is 557 g/mol. The Morgan fingerprint density at radius 2 is 0.939 bits per heavy atom. The first kappa shape index (κ1) is 24.1. The second-order valence-electron chi connectivity index (χ2n) is 11.1. The molecule has 1 aliphatic heterocycles. The standard InChI is InChI=1S/2C14H15.C2H4.2ClH.Zr/c2*1-2-6-11(5-1)14-9-12-7-3-4-8-13(12)10-14;1-2;;;/h2*3-4,7-11H,1-2,5-6H2;1-2H2;2*1H;/q;;;;;+2/p-2. The van der Waals surface area contributed by atoms with Gasteiger partial charge >= 0.3 is 193 Å². The molecule has 0 nitrogen and oxygen atoms in total. The van der Waals surface area contributed by atoms with Gasteiger partial charge in [0.05, 0.1) is 0 Å². The van der Waals surface area contributed by atoms with Gasteiger partial charge in [-0.15, -0.1) is 0 Å². The van der Waals surface area contributed by atoms with E-state index in [-0.39, 0.29) is 24.8 Å². The maximum atomic E-state index is 2.69. The zero-order chi connectivity index (χ0) is 20.4. The van der Waals surface area contributed by atoms with Gasteiger partial charge in [0, 0.05) is 0 Å². The van der Waals surface area contributed by atoms with E-state index in [2.05, 4.69) is 60.7 Å². The number of fused-ring (bicyclic) bond motifs is 2. The van der Waals surface area contributed by atoms with Crippen molar-refractivity contribution in [2.45, 2.75) is 66.9 Å². The molecule has 1 saturated heterocycles. The Balaban J connectivity index is 0.00000114. The number of hydrogen-bond acceptors (Lipinski definition) is 0. The van der Waals surface area contributed by atoms with E-state index in [1.54, 1.807) is 30.5 Å². The van der Waals surface area contributed by atoms with E-state index in [0.717, 1.165) is 19.1 Å². The van der Waals surface area contributed by atoms with Crippen LogP contribution in [0.25, 0.3) is 12.2 Å². The molecule has 2 atom stereocenters. The number of benzene rings is 2. The van der Waals surface area contributed by atoms with Gasteiger partial charge in [-0.25, -0.2) is 0 Å². The summed E-state index contributed by atoms with van der Waals surface area (Å²) in [5, 5.41) is 0. The van der Waals surface area contributed by atoms with Crippen LogP contribution in [0.1, 0.15) is 80.9 Å². The van der Waals surface area contributed by atoms with Crippen molar-refractivity contribution in [3.05, 3.63) is 81.9 Å². The van der Waals surface area contributed by atoms with Gasteiger partial charge in [-0.2, -0.15) is 0 Å². The summed E-state index contributed by atoms with van der Waals surface area (Å²) in [5.41, 5.74) is 10.5. The van der Waals surface area contributed by atoms with Crippen molar-refractivity contribution in [1.29, 1.82) is 0 Å². The summed E-state index contributed by atoms with van der Waals surface area (Å²) in [5.74, 6) is 1.75. The van der Waals surface area contributed by atoms with Crippen molar-refractivity contribution in [2.75, 3.05) is 0 Å². The Bertz CT molecular complexity index is 1000. The van der Waals surface area contributed by atoms with Crippen LogP contribution in [0.5, 0.6) is 0 Å². The minimum atomic E-state index is -2.46. The minimum Gasteiger partial charge on any atom is -1.00 e. The Morgan fingerprint density at radius 1 is 0.545 bits per heavy atom. The van der Waals surface area contributed by atoms with Crippen LogP contribution in [0.15, 0.2) is 59.7 Å². The molecule has 1 heterocycles. The van der Waals surface area contributed by atoms with Crippen LogP contribution < -0.4 is 24.8 Å². The molecular weight excluding hydrogens is 522 g/mol. The SMILES string of the molecule is C1=C(C2CCCC2)[CH]([Zr+2]2([CH]3C(C4CCCC4)=Cc4ccccc43)[CH2][CH2]2)c2ccccc21.[Cl-].[Cl-]. The molecule has 33 heavy (non-hydrogen) atoms. The summed E-state index contributed by atoms with van der Waals surface area (Å²) >= 11 is -2.46. The molecule has 2 aromatic rings. The summed E-state index contributed by atoms with van der Waals surface area (Å²) < 4.78 is 4.94. The number of hydrogen-bond donors (Lipinski definition) is 0. The fourth-order valence-corrected chi connectivity index (χ4v) is 25.8. The van der Waals surface area contributed by atoms with E-state index < -0.39 is 20.3 Å². The fourth-order valence-electron chi connectivity index (χ4n) is 8.09. The fraction of sp³-hybridized carbons (Fsp3) is 0.467. The maximum absolute atomic E-state index is 2.69. The molecule has 172 valence electrons. The summed E-state index contributed by atoms with van der Waals surface area (Å²) in [6, 6.07) is 19.1. The van der Waals surface area contributed by atoms with Crippen LogP contribution in [0.2, 0.25) is 8.26 Å². The van der Waals surface area contributed by atoms with E-state index in [1.165, 1.54) is 51.4 Å². The third-order valence-corrected chi connectivity index (χ3v) is 22.4. The molecule has 0 N–H and O–H groups in total. The number of rotatable bonds is 4. The van der Waals surface area contributed by atoms with Gasteiger partial charge in [-0.3, -0.25) is 0 Å². The van der Waals surface area contributed by atoms with Crippen LogP contribution in [0, 0.1) is 11.8 Å². The van der Waals surface area contributed by atoms with Gasteiger partial charge in [-0.1, -0.05) is 0 Å². The van der Waals surface area contributed by atoms with Gasteiger partial charge in [0.1, 0.15) is 0 Å². The largest absolute Gasteiger partial charge is 1.00 e. The number of halogens is 2. The Kier molecular flexibility index (Phi) is 6.90. The second kappa shape index (κ2) is 9.45. The molecule has 2 unspecified atom stereocenters. The molecule has 0 aromatic heterocycles. The van der Waals surface area contributed by atoms with E-state index in [0.29, 0.717) is 0 Å². The second-order valence-corrected chi connectivity index (χ2v) is 22.5. The summed E-state index contributed by atoms with van der Waals surface area (Å²) in [6.45, 7) is 0. The normalized spacial score (nSPS) is 26.3. The Labute approximate surface area is 216 Å². The smallest absolute Gasteiger partial charge is 1.00 e. The predicted molar refractivity (Wildman–Crippen MR) is 128 cm³/mol. The molecule has 0 amide bonds. The maximum Gasteiger partial charge on any atom is -1.00 e. The van der Waals surface area contributed by atoms with Crippen molar-refractivity contribution < 1.29 is 45.1 Å². The summed E-state index contributed by atoms with van der Waals surface area (Å²) in [6.07, 6.45) is 17.0. The predicted octanol–water partition coefficient (Wildman–Crippen LogP) is 2.66. The Hall–Kier alpha value is -0.617. The van der Waals surface area contributed by atoms with Gasteiger partial charge < -0.3 is 24.8 Å². The summed E-state index contributed by atoms with van der Waals surface area (Å²) in [4.78, 5) is 0. The van der Waals surface area contributed by atoms with Crippen LogP contribution in [0.4, 0.5) is 0 Å². The quantitative estimate of drug-likeness (QED) is 0.544. The molecule has 2 saturated carbocycles. The molecule has 0 spiro atoms. The molecule has 5 aliphatic rings. The first-order chi connectivity index (χ1) is 15.4. The molecule has 3 fully saturated rings. The molecule has 7 rings (SSSR count). The first-order valence-corrected chi connectivity index (χ1v) is 19.3. The van der Waals surface area contributed by atoms with E-state index in [4.69, 9.17) is 0 Å². The average Bonchev–Trinajstić information content (AvgIpc) is 3.34. The van der Waals surface area contributed by atoms with Crippen molar-refractivity contribution in [3.63, 3.8) is 0 Å². The van der Waals surface area contributed by atoms with E-state index >= 15 is 0 Å². The minimum absolute atomic E-state index is 0. The monoisotopic (exact) mass is 554 g/mol. The van der Waals surface area contributed by atoms with E-state index in [1.807, 2.05) is 11.1 Å². The molecule has 4 aliphatic carbocycles. The van der Waals surface area contributed by atoms with Gasteiger partial charge in [0.2, 0.25) is 0 Å². The van der Waals surface area contributed by atoms with Crippen molar-refractivity contribution in [2.24, 2.45) is 11.8 Å². The van der Waals surface area contributed by atoms with Crippen molar-refractivity contribution >= 4 is 12.2 Å². The van der Waals surface area contributed by atoms with Crippen LogP contribution in [-0.4, -0.2) is 0 Å². The molecular formula is C30H34Cl2Zr. The summed E-state index contributed by atoms with van der Waals surface area (Å²) in [7, 11) is 0. The van der Waals surface area contributed by atoms with Crippen LogP contribution in [0.3, 0.4) is 0 Å². The van der Waals surface area contributed by atoms with Crippen LogP contribution >= 0.6 is 0 Å². The third kappa shape index (κ3) is 3.81. The van der Waals surface area contributed by atoms with Gasteiger partial charge in [0.25, 0.3) is 0 Å². The zero-order valence-electron chi connectivity index (χ0n) is 19.4. The zero-order valence-corrected chi connectivity index (χ0v) is 23.4. The first-order valence-electron chi connectivity index (χ1n) is 13.0. The van der Waals surface area contributed by atoms with Crippen molar-refractivity contribution in [3.8, 4) is 0 Å². The topological polar surface area (TPSA) is 0 Å². The molecule has 0 radical (unpaired) electrons. The number of allylic oxidation sites excluding steroid dienone is 2. The Morgan fingerprint density at radius 3 is 1.33 bits per heavy atom. The van der Waals surface area contributed by atoms with Crippen molar-refractivity contribution in [1.82, 2.24) is 0 Å². The van der Waals surface area contributed by atoms with Gasteiger partial charge in [-0.05, 0) is 0 Å². The molecule has 3 heteroatoms. The van der Waals surface area contributed by atoms with Gasteiger partial charge in [0.15, 0.2) is 0 Å².